The lowest BCUT2D eigenvalue weighted by Crippen LogP contribution is -2.10. The van der Waals surface area contributed by atoms with E-state index in [1.165, 1.54) is 18.6 Å². The van der Waals surface area contributed by atoms with Crippen molar-refractivity contribution < 1.29 is 18.7 Å². The van der Waals surface area contributed by atoms with Crippen LogP contribution >= 0.6 is 0 Å². The van der Waals surface area contributed by atoms with E-state index in [-0.39, 0.29) is 16.1 Å². The molecule has 2 aromatic heterocycles. The molecule has 0 radical (unpaired) electrons. The molecule has 0 bridgehead atoms. The van der Waals surface area contributed by atoms with Crippen LogP contribution in [0.15, 0.2) is 24.7 Å². The van der Waals surface area contributed by atoms with Crippen molar-refractivity contribution in [1.29, 1.82) is 0 Å². The molecule has 2 aromatic rings. The molecule has 0 saturated carbocycles. The van der Waals surface area contributed by atoms with Crippen molar-refractivity contribution in [2.45, 2.75) is 6.55 Å². The Balaban J connectivity index is 2.51. The van der Waals surface area contributed by atoms with Crippen LogP contribution in [0, 0.1) is 0 Å². The Bertz CT molecular complexity index is 541. The summed E-state index contributed by atoms with van der Waals surface area (Å²) in [5.74, 6) is -1.48. The van der Waals surface area contributed by atoms with Crippen molar-refractivity contribution in [1.82, 2.24) is 19.7 Å². The third kappa shape index (κ3) is 2.10. The van der Waals surface area contributed by atoms with Gasteiger partial charge in [0.1, 0.15) is 11.4 Å². The molecule has 2 heterocycles. The molecular weight excluding hydrogens is 234 g/mol. The van der Waals surface area contributed by atoms with E-state index in [0.717, 1.165) is 6.07 Å². The third-order valence-electron chi connectivity index (χ3n) is 1.97. The number of hydrogen-bond acceptors (Lipinski definition) is 4. The molecule has 0 unspecified atom stereocenters. The van der Waals surface area contributed by atoms with Crippen molar-refractivity contribution in [2.24, 2.45) is 0 Å². The number of hydrogen-bond donors (Lipinski definition) is 1. The predicted molar refractivity (Wildman–Crippen MR) is 51.5 cm³/mol. The fraction of sp³-hybridized carbons (Fsp3) is 0.111. The fourth-order valence-corrected chi connectivity index (χ4v) is 1.26. The van der Waals surface area contributed by atoms with Crippen molar-refractivity contribution in [3.63, 3.8) is 0 Å². The lowest BCUT2D eigenvalue weighted by molar-refractivity contribution is 0.0440. The van der Waals surface area contributed by atoms with Crippen LogP contribution in [0.3, 0.4) is 0 Å². The smallest absolute Gasteiger partial charge is 0.354 e. The Kier molecular flexibility index (Phi) is 2.77. The summed E-state index contributed by atoms with van der Waals surface area (Å²) >= 11 is 0. The van der Waals surface area contributed by atoms with Crippen molar-refractivity contribution >= 4 is 5.97 Å². The largest absolute Gasteiger partial charge is 0.477 e. The molecule has 0 atom stereocenters. The highest BCUT2D eigenvalue weighted by Crippen LogP contribution is 2.20. The molecule has 0 aliphatic heterocycles. The molecule has 0 spiro atoms. The average molecular weight is 240 g/mol. The Hall–Kier alpha value is -2.38. The molecule has 0 amide bonds. The zero-order chi connectivity index (χ0) is 12.4. The number of carboxylic acids is 1. The van der Waals surface area contributed by atoms with Gasteiger partial charge in [0.2, 0.25) is 0 Å². The number of halogens is 2. The van der Waals surface area contributed by atoms with E-state index in [0.29, 0.717) is 0 Å². The molecule has 88 valence electrons. The van der Waals surface area contributed by atoms with Gasteiger partial charge in [-0.05, 0) is 0 Å². The summed E-state index contributed by atoms with van der Waals surface area (Å²) in [5, 5.41) is 12.2. The second-order valence-corrected chi connectivity index (χ2v) is 3.03. The van der Waals surface area contributed by atoms with Gasteiger partial charge < -0.3 is 5.11 Å². The van der Waals surface area contributed by atoms with E-state index in [4.69, 9.17) is 5.11 Å². The molecule has 0 saturated heterocycles. The summed E-state index contributed by atoms with van der Waals surface area (Å²) in [7, 11) is 0. The number of aromatic carboxylic acids is 1. The van der Waals surface area contributed by atoms with Crippen molar-refractivity contribution in [3.8, 4) is 11.4 Å². The lowest BCUT2D eigenvalue weighted by Gasteiger charge is -2.00. The molecule has 8 heteroatoms. The van der Waals surface area contributed by atoms with E-state index in [1.54, 1.807) is 0 Å². The van der Waals surface area contributed by atoms with Crippen LogP contribution in [-0.2, 0) is 0 Å². The van der Waals surface area contributed by atoms with Gasteiger partial charge in [-0.15, -0.1) is 0 Å². The summed E-state index contributed by atoms with van der Waals surface area (Å²) in [6, 6.07) is 1.03. The van der Waals surface area contributed by atoms with E-state index >= 15 is 0 Å². The number of nitrogens with zero attached hydrogens (tertiary/aromatic N) is 4. The average Bonchev–Trinajstić information content (AvgIpc) is 2.75. The number of aromatic nitrogens is 4. The number of rotatable bonds is 3. The topological polar surface area (TPSA) is 80.9 Å². The van der Waals surface area contributed by atoms with Gasteiger partial charge in [-0.2, -0.15) is 18.6 Å². The minimum Gasteiger partial charge on any atom is -0.477 e. The number of alkyl halides is 2. The van der Waals surface area contributed by atoms with Gasteiger partial charge >= 0.3 is 12.5 Å². The fourth-order valence-electron chi connectivity index (χ4n) is 1.26. The first kappa shape index (κ1) is 11.1. The maximum absolute atomic E-state index is 12.5. The third-order valence-corrected chi connectivity index (χ3v) is 1.97. The quantitative estimate of drug-likeness (QED) is 0.877. The van der Waals surface area contributed by atoms with E-state index < -0.39 is 18.2 Å². The van der Waals surface area contributed by atoms with Crippen LogP contribution in [0.1, 0.15) is 17.0 Å². The Morgan fingerprint density at radius 3 is 2.59 bits per heavy atom. The number of carbonyl (C=O) groups is 1. The highest BCUT2D eigenvalue weighted by molar-refractivity contribution is 5.87. The second-order valence-electron chi connectivity index (χ2n) is 3.03. The van der Waals surface area contributed by atoms with Crippen molar-refractivity contribution in [3.05, 3.63) is 30.4 Å². The van der Waals surface area contributed by atoms with Gasteiger partial charge in [0.25, 0.3) is 0 Å². The maximum atomic E-state index is 12.5. The molecule has 0 aliphatic rings. The Labute approximate surface area is 93.6 Å². The van der Waals surface area contributed by atoms with Crippen molar-refractivity contribution in [2.75, 3.05) is 0 Å². The molecule has 1 N–H and O–H groups in total. The zero-order valence-electron chi connectivity index (χ0n) is 8.29. The van der Waals surface area contributed by atoms with E-state index in [1.807, 2.05) is 0 Å². The molecule has 17 heavy (non-hydrogen) atoms. The predicted octanol–water partition coefficient (Wildman–Crippen LogP) is 1.43. The summed E-state index contributed by atoms with van der Waals surface area (Å²) < 4.78 is 25.2. The zero-order valence-corrected chi connectivity index (χ0v) is 8.29. The second kappa shape index (κ2) is 4.24. The summed E-state index contributed by atoms with van der Waals surface area (Å²) in [6.07, 6.45) is 4.08. The van der Waals surface area contributed by atoms with Crippen LogP contribution < -0.4 is 0 Å². The SMILES string of the molecule is O=C(O)c1cc(-c2cnccn2)nn1C(F)F. The minimum absolute atomic E-state index is 0.0378. The normalized spacial score (nSPS) is 10.8. The molecule has 0 fully saturated rings. The van der Waals surface area contributed by atoms with Gasteiger partial charge in [-0.25, -0.2) is 4.79 Å². The van der Waals surface area contributed by atoms with Gasteiger partial charge in [-0.1, -0.05) is 0 Å². The van der Waals surface area contributed by atoms with Crippen LogP contribution in [0.25, 0.3) is 11.4 Å². The molecular formula is C9H6F2N4O2. The highest BCUT2D eigenvalue weighted by Gasteiger charge is 2.21. The summed E-state index contributed by atoms with van der Waals surface area (Å²) in [4.78, 5) is 18.3. The van der Waals surface area contributed by atoms with Crippen LogP contribution in [0.5, 0.6) is 0 Å². The molecule has 2 rings (SSSR count). The molecule has 0 aromatic carbocycles. The standard InChI is InChI=1S/C9H6F2N4O2/c10-9(11)15-7(8(16)17)3-5(14-15)6-4-12-1-2-13-6/h1-4,9H,(H,16,17). The van der Waals surface area contributed by atoms with Gasteiger partial charge in [0.15, 0.2) is 5.69 Å². The monoisotopic (exact) mass is 240 g/mol. The summed E-state index contributed by atoms with van der Waals surface area (Å²) in [6.45, 7) is -3.02. The lowest BCUT2D eigenvalue weighted by atomic mass is 10.3. The van der Waals surface area contributed by atoms with E-state index in [9.17, 15) is 13.6 Å². The Morgan fingerprint density at radius 1 is 1.35 bits per heavy atom. The minimum atomic E-state index is -3.02. The highest BCUT2D eigenvalue weighted by atomic mass is 19.3. The maximum Gasteiger partial charge on any atom is 0.354 e. The summed E-state index contributed by atoms with van der Waals surface area (Å²) in [5.41, 5.74) is -0.328. The first-order valence-corrected chi connectivity index (χ1v) is 4.47. The van der Waals surface area contributed by atoms with E-state index in [2.05, 4.69) is 15.1 Å². The number of carboxylic acid groups (broad SMARTS) is 1. The van der Waals surface area contributed by atoms with Gasteiger partial charge in [0.05, 0.1) is 6.20 Å². The molecule has 6 nitrogen and oxygen atoms in total. The Morgan fingerprint density at radius 2 is 2.12 bits per heavy atom. The van der Waals surface area contributed by atoms with Crippen LogP contribution in [0.4, 0.5) is 8.78 Å². The first-order chi connectivity index (χ1) is 8.09. The van der Waals surface area contributed by atoms with Gasteiger partial charge in [-0.3, -0.25) is 9.97 Å². The first-order valence-electron chi connectivity index (χ1n) is 4.47. The molecule has 0 aliphatic carbocycles. The van der Waals surface area contributed by atoms with Crippen LogP contribution in [0.2, 0.25) is 0 Å². The van der Waals surface area contributed by atoms with Gasteiger partial charge in [0, 0.05) is 18.5 Å². The van der Waals surface area contributed by atoms with Crippen LogP contribution in [-0.4, -0.2) is 30.8 Å².